The fraction of sp³-hybridized carbons (Fsp3) is 0.517. The molecule has 2 aromatic carbocycles. The van der Waals surface area contributed by atoms with Crippen LogP contribution in [0, 0.1) is 12.8 Å². The van der Waals surface area contributed by atoms with E-state index in [1.807, 2.05) is 37.3 Å². The van der Waals surface area contributed by atoms with Crippen LogP contribution in [0.25, 0.3) is 0 Å². The predicted molar refractivity (Wildman–Crippen MR) is 129 cm³/mol. The molecule has 182 valence electrons. The number of rotatable bonds is 5. The van der Waals surface area contributed by atoms with Crippen molar-refractivity contribution in [1.29, 1.82) is 0 Å². The number of benzene rings is 2. The van der Waals surface area contributed by atoms with Crippen molar-refractivity contribution in [2.75, 3.05) is 13.1 Å². The number of aromatic hydroxyl groups is 1. The summed E-state index contributed by atoms with van der Waals surface area (Å²) in [6.07, 6.45) is 4.26. The molecule has 2 aliphatic heterocycles. The summed E-state index contributed by atoms with van der Waals surface area (Å²) in [5, 5.41) is 10.7. The van der Waals surface area contributed by atoms with E-state index in [9.17, 15) is 14.7 Å². The van der Waals surface area contributed by atoms with Gasteiger partial charge in [0.15, 0.2) is 23.4 Å². The van der Waals surface area contributed by atoms with Gasteiger partial charge in [0.25, 0.3) is 0 Å². The first-order valence-electron chi connectivity index (χ1n) is 13.0. The Labute approximate surface area is 205 Å². The van der Waals surface area contributed by atoms with Gasteiger partial charge in [0.2, 0.25) is 0 Å². The van der Waals surface area contributed by atoms with Crippen molar-refractivity contribution in [3.05, 3.63) is 58.7 Å². The molecule has 1 unspecified atom stereocenters. The van der Waals surface area contributed by atoms with Crippen molar-refractivity contribution in [1.82, 2.24) is 4.90 Å². The van der Waals surface area contributed by atoms with Crippen LogP contribution in [0.5, 0.6) is 11.5 Å². The highest BCUT2D eigenvalue weighted by molar-refractivity contribution is 5.90. The summed E-state index contributed by atoms with van der Waals surface area (Å²) in [5.41, 5.74) is 2.50. The van der Waals surface area contributed by atoms with Crippen LogP contribution in [0.2, 0.25) is 0 Å². The fourth-order valence-corrected chi connectivity index (χ4v) is 7.67. The molecule has 6 heteroatoms. The first-order valence-corrected chi connectivity index (χ1v) is 13.0. The van der Waals surface area contributed by atoms with Gasteiger partial charge in [-0.1, -0.05) is 35.9 Å². The number of ketones is 1. The van der Waals surface area contributed by atoms with E-state index in [4.69, 9.17) is 9.47 Å². The third kappa shape index (κ3) is 2.92. The monoisotopic (exact) mass is 473 g/mol. The standard InChI is InChI=1S/C29H31NO5/c1-17-3-2-4-19(13-17)14-24(33)35-29-10-9-22(32)27-28(29)11-12-30(16-18-5-6-18)23(29)15-20-7-8-21(31)26(34-27)25(20)28/h2-4,7-8,13,18,23,27,31H,5-6,9-12,14-16H2,1H3/t23?,27-,28-,29+/m0/s1. The molecule has 3 aliphatic carbocycles. The number of hydrogen-bond acceptors (Lipinski definition) is 6. The molecule has 5 aliphatic rings. The van der Waals surface area contributed by atoms with E-state index in [2.05, 4.69) is 4.90 Å². The number of ether oxygens (including phenoxy) is 2. The first-order chi connectivity index (χ1) is 16.9. The van der Waals surface area contributed by atoms with Crippen LogP contribution >= 0.6 is 0 Å². The zero-order chi connectivity index (χ0) is 23.9. The van der Waals surface area contributed by atoms with Crippen molar-refractivity contribution >= 4 is 11.8 Å². The molecule has 2 bridgehead atoms. The Morgan fingerprint density at radius 3 is 2.89 bits per heavy atom. The molecule has 1 saturated heterocycles. The normalized spacial score (nSPS) is 32.7. The first kappa shape index (κ1) is 21.4. The van der Waals surface area contributed by atoms with Crippen molar-refractivity contribution in [3.63, 3.8) is 0 Å². The molecule has 1 spiro atoms. The quantitative estimate of drug-likeness (QED) is 0.669. The highest BCUT2D eigenvalue weighted by Gasteiger charge is 2.75. The minimum absolute atomic E-state index is 0.000465. The number of phenols is 1. The minimum atomic E-state index is -0.842. The SMILES string of the molecule is Cc1cccc(CC(=O)O[C@@]23CCC(=O)[C@@H]4Oc5c(O)ccc6c5[C@@]42CCN(CC2CC2)C3C6)c1. The lowest BCUT2D eigenvalue weighted by Gasteiger charge is -2.63. The van der Waals surface area contributed by atoms with E-state index in [0.717, 1.165) is 41.8 Å². The highest BCUT2D eigenvalue weighted by Crippen LogP contribution is 2.66. The number of piperidine rings is 1. The van der Waals surface area contributed by atoms with Crippen LogP contribution in [0.4, 0.5) is 0 Å². The Kier molecular flexibility index (Phi) is 4.48. The average molecular weight is 474 g/mol. The Morgan fingerprint density at radius 2 is 2.09 bits per heavy atom. The Morgan fingerprint density at radius 1 is 1.23 bits per heavy atom. The number of Topliss-reactive ketones (excluding diaryl/α,β-unsaturated/α-hetero) is 1. The topological polar surface area (TPSA) is 76.1 Å². The van der Waals surface area contributed by atoms with Gasteiger partial charge in [-0.25, -0.2) is 0 Å². The number of carbonyl (C=O) groups excluding carboxylic acids is 2. The molecular formula is C29H31NO5. The molecular weight excluding hydrogens is 442 g/mol. The van der Waals surface area contributed by atoms with Gasteiger partial charge in [0, 0.05) is 18.5 Å². The van der Waals surface area contributed by atoms with Gasteiger partial charge in [0.1, 0.15) is 5.60 Å². The van der Waals surface area contributed by atoms with Crippen molar-refractivity contribution in [3.8, 4) is 11.5 Å². The smallest absolute Gasteiger partial charge is 0.310 e. The van der Waals surface area contributed by atoms with E-state index < -0.39 is 17.1 Å². The van der Waals surface area contributed by atoms with Crippen LogP contribution in [-0.4, -0.2) is 52.6 Å². The second kappa shape index (κ2) is 7.33. The summed E-state index contributed by atoms with van der Waals surface area (Å²) in [6.45, 7) is 3.88. The number of nitrogens with zero attached hydrogens (tertiary/aromatic N) is 1. The summed E-state index contributed by atoms with van der Waals surface area (Å²) < 4.78 is 13.0. The molecule has 35 heavy (non-hydrogen) atoms. The number of aryl methyl sites for hydroxylation is 1. The summed E-state index contributed by atoms with van der Waals surface area (Å²) in [6, 6.07) is 11.6. The van der Waals surface area contributed by atoms with E-state index in [-0.39, 0.29) is 30.0 Å². The van der Waals surface area contributed by atoms with Crippen LogP contribution in [0.3, 0.4) is 0 Å². The van der Waals surface area contributed by atoms with Crippen molar-refractivity contribution < 1.29 is 24.2 Å². The largest absolute Gasteiger partial charge is 0.504 e. The maximum absolute atomic E-state index is 13.6. The summed E-state index contributed by atoms with van der Waals surface area (Å²) in [5.74, 6) is 1.00. The zero-order valence-corrected chi connectivity index (χ0v) is 20.1. The number of hydrogen-bond donors (Lipinski definition) is 1. The lowest BCUT2D eigenvalue weighted by atomic mass is 9.48. The second-order valence-corrected chi connectivity index (χ2v) is 11.3. The zero-order valence-electron chi connectivity index (χ0n) is 20.1. The van der Waals surface area contributed by atoms with Gasteiger partial charge < -0.3 is 14.6 Å². The van der Waals surface area contributed by atoms with Gasteiger partial charge in [-0.05, 0) is 68.7 Å². The van der Waals surface area contributed by atoms with E-state index in [1.165, 1.54) is 12.8 Å². The molecule has 0 aromatic heterocycles. The number of esters is 1. The Hall–Kier alpha value is -2.86. The number of likely N-dealkylation sites (tertiary alicyclic amines) is 1. The number of phenolic OH excluding ortho intramolecular Hbond substituents is 1. The van der Waals surface area contributed by atoms with E-state index in [1.54, 1.807) is 6.07 Å². The van der Waals surface area contributed by atoms with Crippen molar-refractivity contribution in [2.24, 2.45) is 5.92 Å². The van der Waals surface area contributed by atoms with Gasteiger partial charge in [-0.2, -0.15) is 0 Å². The molecule has 3 fully saturated rings. The molecule has 4 atom stereocenters. The maximum Gasteiger partial charge on any atom is 0.310 e. The van der Waals surface area contributed by atoms with Crippen LogP contribution in [-0.2, 0) is 32.6 Å². The molecule has 2 saturated carbocycles. The van der Waals surface area contributed by atoms with Crippen LogP contribution < -0.4 is 4.74 Å². The third-order valence-corrected chi connectivity index (χ3v) is 9.25. The summed E-state index contributed by atoms with van der Waals surface area (Å²) in [4.78, 5) is 29.4. The summed E-state index contributed by atoms with van der Waals surface area (Å²) >= 11 is 0. The molecule has 0 radical (unpaired) electrons. The van der Waals surface area contributed by atoms with Gasteiger partial charge in [-0.3, -0.25) is 14.5 Å². The maximum atomic E-state index is 13.6. The Balaban J connectivity index is 1.35. The molecule has 2 aromatic rings. The minimum Gasteiger partial charge on any atom is -0.504 e. The molecule has 6 nitrogen and oxygen atoms in total. The van der Waals surface area contributed by atoms with Gasteiger partial charge in [0.05, 0.1) is 17.9 Å². The van der Waals surface area contributed by atoms with Gasteiger partial charge in [-0.15, -0.1) is 0 Å². The molecule has 1 N–H and O–H groups in total. The van der Waals surface area contributed by atoms with Crippen LogP contribution in [0.15, 0.2) is 36.4 Å². The average Bonchev–Trinajstić information content (AvgIpc) is 3.56. The molecule has 2 heterocycles. The summed E-state index contributed by atoms with van der Waals surface area (Å²) in [7, 11) is 0. The third-order valence-electron chi connectivity index (χ3n) is 9.25. The lowest BCUT2D eigenvalue weighted by Crippen LogP contribution is -2.77. The van der Waals surface area contributed by atoms with E-state index >= 15 is 0 Å². The van der Waals surface area contributed by atoms with Gasteiger partial charge >= 0.3 is 5.97 Å². The van der Waals surface area contributed by atoms with E-state index in [0.29, 0.717) is 30.9 Å². The fourth-order valence-electron chi connectivity index (χ4n) is 7.67. The number of carbonyl (C=O) groups is 2. The van der Waals surface area contributed by atoms with Crippen LogP contribution in [0.1, 0.15) is 54.4 Å². The molecule has 7 rings (SSSR count). The molecule has 0 amide bonds. The highest BCUT2D eigenvalue weighted by atomic mass is 16.6. The second-order valence-electron chi connectivity index (χ2n) is 11.3. The predicted octanol–water partition coefficient (Wildman–Crippen LogP) is 3.63. The Bertz CT molecular complexity index is 1250. The lowest BCUT2D eigenvalue weighted by molar-refractivity contribution is -0.215. The van der Waals surface area contributed by atoms with Crippen molar-refractivity contribution in [2.45, 2.75) is 75.0 Å².